The number of rotatable bonds is 6. The summed E-state index contributed by atoms with van der Waals surface area (Å²) in [5.74, 6) is 1.13. The van der Waals surface area contributed by atoms with Gasteiger partial charge in [-0.15, -0.1) is 0 Å². The van der Waals surface area contributed by atoms with Crippen molar-refractivity contribution in [2.75, 3.05) is 31.1 Å². The van der Waals surface area contributed by atoms with E-state index in [1.54, 1.807) is 6.33 Å². The van der Waals surface area contributed by atoms with E-state index in [1.165, 1.54) is 16.7 Å². The Labute approximate surface area is 162 Å². The Balaban J connectivity index is 1.31. The van der Waals surface area contributed by atoms with Crippen molar-refractivity contribution in [2.45, 2.75) is 51.2 Å². The van der Waals surface area contributed by atoms with Crippen molar-refractivity contribution in [3.63, 3.8) is 0 Å². The summed E-state index contributed by atoms with van der Waals surface area (Å²) in [7, 11) is 0. The molecule has 0 unspecified atom stereocenters. The number of hydrogen-bond donors (Lipinski definition) is 1. The molecule has 1 aromatic heterocycles. The molecule has 0 radical (unpaired) electrons. The molecule has 0 bridgehead atoms. The van der Waals surface area contributed by atoms with Crippen LogP contribution in [0.3, 0.4) is 0 Å². The smallest absolute Gasteiger partial charge is 0.135 e. The van der Waals surface area contributed by atoms with E-state index in [4.69, 9.17) is 4.74 Å². The zero-order chi connectivity index (χ0) is 18.5. The van der Waals surface area contributed by atoms with Gasteiger partial charge in [0.1, 0.15) is 12.1 Å². The standard InChI is InChI=1S/C22H30N4O/c1-2-5-18-14-23-16-25-22(18)26-11-8-19(9-12-26)24-15-21-20-7-4-3-6-17(20)10-13-27-21/h3-4,6-7,14,16,19,21,24H,2,5,8-13,15H2,1H3/t21-/m1/s1. The number of ether oxygens (including phenoxy) is 1. The van der Waals surface area contributed by atoms with Gasteiger partial charge in [0.2, 0.25) is 0 Å². The maximum absolute atomic E-state index is 6.04. The minimum atomic E-state index is 0.186. The van der Waals surface area contributed by atoms with Crippen molar-refractivity contribution in [3.8, 4) is 0 Å². The number of aromatic nitrogens is 2. The maximum Gasteiger partial charge on any atom is 0.135 e. The molecule has 0 saturated carbocycles. The number of aryl methyl sites for hydroxylation is 1. The highest BCUT2D eigenvalue weighted by Crippen LogP contribution is 2.27. The summed E-state index contributed by atoms with van der Waals surface area (Å²) in [5.41, 5.74) is 4.08. The lowest BCUT2D eigenvalue weighted by atomic mass is 9.97. The quantitative estimate of drug-likeness (QED) is 0.850. The number of hydrogen-bond acceptors (Lipinski definition) is 5. The van der Waals surface area contributed by atoms with Gasteiger partial charge in [0, 0.05) is 37.4 Å². The minimum absolute atomic E-state index is 0.186. The second-order valence-corrected chi connectivity index (χ2v) is 7.60. The first-order valence-corrected chi connectivity index (χ1v) is 10.3. The molecule has 5 nitrogen and oxygen atoms in total. The molecule has 4 rings (SSSR count). The Kier molecular flexibility index (Phi) is 6.00. The third-order valence-electron chi connectivity index (χ3n) is 5.76. The van der Waals surface area contributed by atoms with Gasteiger partial charge in [-0.2, -0.15) is 0 Å². The van der Waals surface area contributed by atoms with Crippen LogP contribution in [0.5, 0.6) is 0 Å². The van der Waals surface area contributed by atoms with Crippen molar-refractivity contribution in [2.24, 2.45) is 0 Å². The van der Waals surface area contributed by atoms with Crippen molar-refractivity contribution < 1.29 is 4.74 Å². The predicted molar refractivity (Wildman–Crippen MR) is 108 cm³/mol. The summed E-state index contributed by atoms with van der Waals surface area (Å²) in [6, 6.07) is 9.25. The third-order valence-corrected chi connectivity index (χ3v) is 5.76. The van der Waals surface area contributed by atoms with E-state index in [1.807, 2.05) is 6.20 Å². The van der Waals surface area contributed by atoms with Crippen molar-refractivity contribution in [1.82, 2.24) is 15.3 Å². The zero-order valence-corrected chi connectivity index (χ0v) is 16.2. The van der Waals surface area contributed by atoms with Gasteiger partial charge in [0.05, 0.1) is 12.7 Å². The van der Waals surface area contributed by atoms with Gasteiger partial charge < -0.3 is 15.0 Å². The number of fused-ring (bicyclic) bond motifs is 1. The van der Waals surface area contributed by atoms with Gasteiger partial charge >= 0.3 is 0 Å². The van der Waals surface area contributed by atoms with Crippen LogP contribution in [-0.2, 0) is 17.6 Å². The first-order chi connectivity index (χ1) is 13.3. The SMILES string of the molecule is CCCc1cncnc1N1CCC(NC[C@H]2OCCc3ccccc32)CC1. The molecule has 2 aliphatic heterocycles. The fourth-order valence-electron chi connectivity index (χ4n) is 4.30. The summed E-state index contributed by atoms with van der Waals surface area (Å²) in [5, 5.41) is 3.76. The first-order valence-electron chi connectivity index (χ1n) is 10.3. The molecular formula is C22H30N4O. The average molecular weight is 367 g/mol. The Morgan fingerprint density at radius 3 is 2.93 bits per heavy atom. The molecular weight excluding hydrogens is 336 g/mol. The number of nitrogens with zero attached hydrogens (tertiary/aromatic N) is 3. The predicted octanol–water partition coefficient (Wildman–Crippen LogP) is 3.30. The van der Waals surface area contributed by atoms with Gasteiger partial charge in [-0.05, 0) is 36.8 Å². The Hall–Kier alpha value is -1.98. The Morgan fingerprint density at radius 1 is 1.22 bits per heavy atom. The minimum Gasteiger partial charge on any atom is -0.372 e. The zero-order valence-electron chi connectivity index (χ0n) is 16.2. The van der Waals surface area contributed by atoms with Crippen LogP contribution in [-0.4, -0.2) is 42.3 Å². The lowest BCUT2D eigenvalue weighted by Crippen LogP contribution is -2.44. The fraction of sp³-hybridized carbons (Fsp3) is 0.545. The first kappa shape index (κ1) is 18.4. The highest BCUT2D eigenvalue weighted by atomic mass is 16.5. The summed E-state index contributed by atoms with van der Waals surface area (Å²) >= 11 is 0. The largest absolute Gasteiger partial charge is 0.372 e. The molecule has 1 fully saturated rings. The average Bonchev–Trinajstić information content (AvgIpc) is 2.73. The number of anilines is 1. The topological polar surface area (TPSA) is 50.3 Å². The van der Waals surface area contributed by atoms with Crippen molar-refractivity contribution in [1.29, 1.82) is 0 Å². The van der Waals surface area contributed by atoms with Gasteiger partial charge in [-0.25, -0.2) is 9.97 Å². The van der Waals surface area contributed by atoms with E-state index in [2.05, 4.69) is 51.4 Å². The molecule has 5 heteroatoms. The summed E-state index contributed by atoms with van der Waals surface area (Å²) in [6.07, 6.45) is 9.34. The van der Waals surface area contributed by atoms with Gasteiger partial charge in [-0.3, -0.25) is 0 Å². The molecule has 27 heavy (non-hydrogen) atoms. The third kappa shape index (κ3) is 4.30. The van der Waals surface area contributed by atoms with Crippen LogP contribution in [0.4, 0.5) is 5.82 Å². The van der Waals surface area contributed by atoms with Crippen molar-refractivity contribution in [3.05, 3.63) is 53.5 Å². The maximum atomic E-state index is 6.04. The second kappa shape index (κ2) is 8.81. The van der Waals surface area contributed by atoms with Crippen LogP contribution >= 0.6 is 0 Å². The molecule has 0 aliphatic carbocycles. The summed E-state index contributed by atoms with van der Waals surface area (Å²) in [4.78, 5) is 11.2. The van der Waals surface area contributed by atoms with Crippen LogP contribution in [0.15, 0.2) is 36.8 Å². The monoisotopic (exact) mass is 366 g/mol. The van der Waals surface area contributed by atoms with Gasteiger partial charge in [0.15, 0.2) is 0 Å². The van der Waals surface area contributed by atoms with E-state index < -0.39 is 0 Å². The summed E-state index contributed by atoms with van der Waals surface area (Å²) < 4.78 is 6.04. The Morgan fingerprint density at radius 2 is 2.07 bits per heavy atom. The highest BCUT2D eigenvalue weighted by Gasteiger charge is 2.24. The molecule has 2 aromatic rings. The van der Waals surface area contributed by atoms with Crippen LogP contribution in [0.2, 0.25) is 0 Å². The van der Waals surface area contributed by atoms with Gasteiger partial charge in [0.25, 0.3) is 0 Å². The highest BCUT2D eigenvalue weighted by molar-refractivity contribution is 5.46. The number of nitrogens with one attached hydrogen (secondary N) is 1. The van der Waals surface area contributed by atoms with E-state index in [9.17, 15) is 0 Å². The molecule has 1 saturated heterocycles. The number of benzene rings is 1. The molecule has 1 atom stereocenters. The molecule has 3 heterocycles. The molecule has 0 spiro atoms. The molecule has 1 aromatic carbocycles. The van der Waals surface area contributed by atoms with Crippen LogP contribution < -0.4 is 10.2 Å². The second-order valence-electron chi connectivity index (χ2n) is 7.60. The van der Waals surface area contributed by atoms with E-state index in [0.717, 1.165) is 64.2 Å². The summed E-state index contributed by atoms with van der Waals surface area (Å²) in [6.45, 7) is 6.03. The van der Waals surface area contributed by atoms with E-state index in [0.29, 0.717) is 6.04 Å². The fourth-order valence-corrected chi connectivity index (χ4v) is 4.30. The Bertz CT molecular complexity index is 743. The van der Waals surface area contributed by atoms with E-state index >= 15 is 0 Å². The molecule has 2 aliphatic rings. The van der Waals surface area contributed by atoms with Crippen LogP contribution in [0.25, 0.3) is 0 Å². The van der Waals surface area contributed by atoms with E-state index in [-0.39, 0.29) is 6.10 Å². The molecule has 0 amide bonds. The van der Waals surface area contributed by atoms with Crippen LogP contribution in [0, 0.1) is 0 Å². The van der Waals surface area contributed by atoms with Crippen LogP contribution in [0.1, 0.15) is 49.0 Å². The molecule has 1 N–H and O–H groups in total. The van der Waals surface area contributed by atoms with Crippen molar-refractivity contribution >= 4 is 5.82 Å². The normalized spacial score (nSPS) is 20.5. The lowest BCUT2D eigenvalue weighted by molar-refractivity contribution is 0.0400. The van der Waals surface area contributed by atoms with Gasteiger partial charge in [-0.1, -0.05) is 37.6 Å². The lowest BCUT2D eigenvalue weighted by Gasteiger charge is -2.35. The number of piperidine rings is 1. The molecule has 144 valence electrons.